The van der Waals surface area contributed by atoms with Crippen molar-refractivity contribution in [3.63, 3.8) is 0 Å². The van der Waals surface area contributed by atoms with Gasteiger partial charge in [-0.1, -0.05) is 0 Å². The van der Waals surface area contributed by atoms with Crippen LogP contribution in [-0.4, -0.2) is 15.0 Å². The third kappa shape index (κ3) is 4.27. The van der Waals surface area contributed by atoms with Gasteiger partial charge in [-0.05, 0) is 0 Å². The summed E-state index contributed by atoms with van der Waals surface area (Å²) >= 11 is 0. The van der Waals surface area contributed by atoms with E-state index in [2.05, 4.69) is 4.67 Å². The van der Waals surface area contributed by atoms with E-state index in [9.17, 15) is 0 Å². The molecule has 0 rings (SSSR count). The van der Waals surface area contributed by atoms with E-state index >= 15 is 0 Å². The maximum absolute atomic E-state index is 7.51. The molecule has 5 heavy (non-hydrogen) atoms. The highest BCUT2D eigenvalue weighted by atomic mass is 31.2. The third-order valence-corrected chi connectivity index (χ3v) is 0.219. The second-order valence-electron chi connectivity index (χ2n) is 0.334. The number of hydrogen-bond donors (Lipinski definition) is 3. The lowest BCUT2D eigenvalue weighted by molar-refractivity contribution is -0.146. The molecule has 5 heteroatoms. The lowest BCUT2D eigenvalue weighted by Crippen LogP contribution is -1.68. The van der Waals surface area contributed by atoms with Crippen LogP contribution in [0.25, 0.3) is 0 Å². The molecule has 0 aliphatic rings. The summed E-state index contributed by atoms with van der Waals surface area (Å²) in [5.74, 6) is 0. The fourth-order valence-corrected chi connectivity index (χ4v) is 0. The highest BCUT2D eigenvalue weighted by Crippen LogP contribution is 2.20. The molecule has 0 bridgehead atoms. The Bertz CT molecular complexity index is 17.6. The van der Waals surface area contributed by atoms with Crippen LogP contribution in [0.15, 0.2) is 0 Å². The minimum atomic E-state index is -2.54. The van der Waals surface area contributed by atoms with E-state index < -0.39 is 8.60 Å². The van der Waals surface area contributed by atoms with Crippen molar-refractivity contribution in [2.75, 3.05) is 0 Å². The maximum Gasteiger partial charge on any atom is 0.357 e. The molecule has 0 atom stereocenters. The summed E-state index contributed by atoms with van der Waals surface area (Å²) in [5.41, 5.74) is 0. The fourth-order valence-electron chi connectivity index (χ4n) is 0. The van der Waals surface area contributed by atoms with Gasteiger partial charge in [-0.15, -0.1) is 0 Å². The second-order valence-corrected chi connectivity index (χ2v) is 1.00. The van der Waals surface area contributed by atoms with E-state index in [1.165, 1.54) is 0 Å². The van der Waals surface area contributed by atoms with Crippen molar-refractivity contribution in [1.29, 1.82) is 0 Å². The van der Waals surface area contributed by atoms with Gasteiger partial charge in [-0.3, -0.25) is 0 Å². The molecule has 0 aromatic rings. The Morgan fingerprint density at radius 2 is 1.60 bits per heavy atom. The molecule has 3 N–H and O–H groups in total. The van der Waals surface area contributed by atoms with Crippen LogP contribution in [0.3, 0.4) is 0 Å². The zero-order chi connectivity index (χ0) is 4.28. The van der Waals surface area contributed by atoms with Gasteiger partial charge in [0.1, 0.15) is 0 Å². The molecule has 0 spiro atoms. The van der Waals surface area contributed by atoms with Gasteiger partial charge < -0.3 is 9.79 Å². The molecule has 0 aromatic carbocycles. The van der Waals surface area contributed by atoms with Gasteiger partial charge in [0.15, 0.2) is 0 Å². The Morgan fingerprint density at radius 3 is 1.60 bits per heavy atom. The minimum absolute atomic E-state index is 2.54. The van der Waals surface area contributed by atoms with E-state index in [1.54, 1.807) is 0 Å². The topological polar surface area (TPSA) is 69.9 Å². The first-order chi connectivity index (χ1) is 2.27. The first-order valence-corrected chi connectivity index (χ1v) is 1.93. The van der Waals surface area contributed by atoms with E-state index in [4.69, 9.17) is 15.0 Å². The second kappa shape index (κ2) is 2.50. The normalized spacial score (nSPS) is 9.60. The summed E-state index contributed by atoms with van der Waals surface area (Å²) in [6.07, 6.45) is 0. The van der Waals surface area contributed by atoms with Gasteiger partial charge in [-0.25, -0.2) is 5.26 Å². The molecule has 0 radical (unpaired) electrons. The molecule has 32 valence electrons. The molecule has 0 fully saturated rings. The lowest BCUT2D eigenvalue weighted by atomic mass is 15.0. The molecule has 4 nitrogen and oxygen atoms in total. The van der Waals surface area contributed by atoms with Crippen molar-refractivity contribution in [3.05, 3.63) is 0 Å². The molecule has 0 aromatic heterocycles. The van der Waals surface area contributed by atoms with Crippen molar-refractivity contribution in [1.82, 2.24) is 0 Å². The Kier molecular flexibility index (Phi) is 2.64. The third-order valence-electron chi connectivity index (χ3n) is 0.0730. The average Bonchev–Trinajstić information content (AvgIpc) is 1.38. The zero-order valence-electron chi connectivity index (χ0n) is 2.20. The van der Waals surface area contributed by atoms with Crippen molar-refractivity contribution < 1.29 is 19.7 Å². The van der Waals surface area contributed by atoms with Crippen LogP contribution in [0.4, 0.5) is 0 Å². The van der Waals surface area contributed by atoms with Crippen LogP contribution >= 0.6 is 8.60 Å². The van der Waals surface area contributed by atoms with Crippen molar-refractivity contribution in [2.45, 2.75) is 0 Å². The minimum Gasteiger partial charge on any atom is -0.327 e. The van der Waals surface area contributed by atoms with Crippen LogP contribution in [0.1, 0.15) is 0 Å². The molecule has 0 aliphatic heterocycles. The molecule has 0 unspecified atom stereocenters. The summed E-state index contributed by atoms with van der Waals surface area (Å²) in [4.78, 5) is 15.0. The Labute approximate surface area is 29.6 Å². The first kappa shape index (κ1) is 5.27. The zero-order valence-corrected chi connectivity index (χ0v) is 3.09. The van der Waals surface area contributed by atoms with Crippen LogP contribution in [-0.2, 0) is 4.67 Å². The van der Waals surface area contributed by atoms with Gasteiger partial charge in [0.05, 0.1) is 0 Å². The largest absolute Gasteiger partial charge is 0.357 e. The van der Waals surface area contributed by atoms with E-state index in [-0.39, 0.29) is 0 Å². The SMILES string of the molecule is OOP(O)O. The molecule has 0 aliphatic carbocycles. The van der Waals surface area contributed by atoms with Crippen molar-refractivity contribution in [3.8, 4) is 0 Å². The highest BCUT2D eigenvalue weighted by molar-refractivity contribution is 7.39. The van der Waals surface area contributed by atoms with Gasteiger partial charge in [0.25, 0.3) is 0 Å². The predicted molar refractivity (Wildman–Crippen MR) is 15.1 cm³/mol. The molecule has 0 saturated heterocycles. The summed E-state index contributed by atoms with van der Waals surface area (Å²) in [5, 5.41) is 7.17. The van der Waals surface area contributed by atoms with Crippen LogP contribution in [0.5, 0.6) is 0 Å². The van der Waals surface area contributed by atoms with E-state index in [1.807, 2.05) is 0 Å². The first-order valence-electron chi connectivity index (χ1n) is 0.765. The molecule has 0 heterocycles. The average molecular weight is 98.0 g/mol. The van der Waals surface area contributed by atoms with Crippen LogP contribution in [0.2, 0.25) is 0 Å². The monoisotopic (exact) mass is 98.0 g/mol. The summed E-state index contributed by atoms with van der Waals surface area (Å²) in [6, 6.07) is 0. The quantitative estimate of drug-likeness (QED) is 0.239. The maximum atomic E-state index is 7.51. The summed E-state index contributed by atoms with van der Waals surface area (Å²) in [6.45, 7) is 0. The summed E-state index contributed by atoms with van der Waals surface area (Å²) in [7, 11) is -2.54. The van der Waals surface area contributed by atoms with Gasteiger partial charge in [0.2, 0.25) is 0 Å². The van der Waals surface area contributed by atoms with Gasteiger partial charge in [0, 0.05) is 0 Å². The standard InChI is InChI=1S/H3O4P/c1-4-5(2)3/h1-3H. The Morgan fingerprint density at radius 1 is 1.40 bits per heavy atom. The van der Waals surface area contributed by atoms with Gasteiger partial charge in [-0.2, -0.15) is 4.67 Å². The Hall–Kier alpha value is 0.270. The van der Waals surface area contributed by atoms with Crippen molar-refractivity contribution in [2.24, 2.45) is 0 Å². The van der Waals surface area contributed by atoms with Crippen LogP contribution < -0.4 is 0 Å². The predicted octanol–water partition coefficient (Wildman–Crippen LogP) is -0.313. The van der Waals surface area contributed by atoms with Crippen molar-refractivity contribution >= 4 is 8.60 Å². The van der Waals surface area contributed by atoms with Crippen LogP contribution in [0, 0.1) is 0 Å². The molecule has 0 amide bonds. The Balaban J connectivity index is 2.54. The molecular formula is H3O4P. The number of hydrogen-bond acceptors (Lipinski definition) is 4. The highest BCUT2D eigenvalue weighted by Gasteiger charge is 1.89. The fraction of sp³-hybridized carbons (Fsp3) is 0. The summed E-state index contributed by atoms with van der Waals surface area (Å²) < 4.78 is 2.93. The number of rotatable bonds is 1. The van der Waals surface area contributed by atoms with E-state index in [0.29, 0.717) is 0 Å². The smallest absolute Gasteiger partial charge is 0.327 e. The molecule has 0 saturated carbocycles. The molecular weight excluding hydrogens is 95.0 g/mol. The van der Waals surface area contributed by atoms with E-state index in [0.717, 1.165) is 0 Å². The lowest BCUT2D eigenvalue weighted by Gasteiger charge is -1.86. The van der Waals surface area contributed by atoms with Gasteiger partial charge >= 0.3 is 8.60 Å².